The molecule has 1 saturated heterocycles. The van der Waals surface area contributed by atoms with Crippen LogP contribution in [-0.4, -0.2) is 70.7 Å². The van der Waals surface area contributed by atoms with Crippen molar-refractivity contribution in [2.45, 2.75) is 95.3 Å². The van der Waals surface area contributed by atoms with Crippen LogP contribution < -0.4 is 9.64 Å². The Hall–Kier alpha value is -3.85. The van der Waals surface area contributed by atoms with Crippen LogP contribution >= 0.6 is 0 Å². The van der Waals surface area contributed by atoms with E-state index in [1.165, 1.54) is 28.9 Å². The summed E-state index contributed by atoms with van der Waals surface area (Å²) in [5, 5.41) is 14.1. The first kappa shape index (κ1) is 31.7. The van der Waals surface area contributed by atoms with E-state index < -0.39 is 6.10 Å². The van der Waals surface area contributed by atoms with Gasteiger partial charge in [-0.3, -0.25) is 9.48 Å². The number of aliphatic hydroxyl groups excluding tert-OH is 1. The van der Waals surface area contributed by atoms with Crippen molar-refractivity contribution in [2.75, 3.05) is 31.6 Å². The molecule has 2 aromatic carbocycles. The fraction of sp³-hybridized carbons (Fsp3) is 0.553. The molecule has 1 aliphatic heterocycles. The summed E-state index contributed by atoms with van der Waals surface area (Å²) in [4.78, 5) is 30.4. The summed E-state index contributed by atoms with van der Waals surface area (Å²) in [5.74, 6) is 1.97. The molecule has 2 amide bonds. The molecule has 0 spiro atoms. The molecule has 9 nitrogen and oxygen atoms in total. The van der Waals surface area contributed by atoms with Gasteiger partial charge >= 0.3 is 6.09 Å². The van der Waals surface area contributed by atoms with Gasteiger partial charge in [0, 0.05) is 29.9 Å². The first-order valence-corrected chi connectivity index (χ1v) is 17.6. The molecule has 250 valence electrons. The van der Waals surface area contributed by atoms with Gasteiger partial charge in [0.1, 0.15) is 11.9 Å². The molecule has 3 aliphatic carbocycles. The minimum absolute atomic E-state index is 0.101. The lowest BCUT2D eigenvalue weighted by molar-refractivity contribution is -0.124. The number of aliphatic hydroxyl groups is 1. The molecule has 0 radical (unpaired) electrons. The number of aromatic nitrogens is 2. The van der Waals surface area contributed by atoms with Gasteiger partial charge in [-0.15, -0.1) is 0 Å². The van der Waals surface area contributed by atoms with Crippen molar-refractivity contribution in [1.82, 2.24) is 14.7 Å². The number of β-amino-alcohol motifs (C(OH)–C–C–N with tert-alkyl or cyclic N) is 1. The second-order valence-electron chi connectivity index (χ2n) is 14.3. The Bertz CT molecular complexity index is 1560. The fourth-order valence-corrected chi connectivity index (χ4v) is 7.76. The van der Waals surface area contributed by atoms with Crippen LogP contribution in [0.4, 0.5) is 10.5 Å². The molecule has 4 aliphatic rings. The largest absolute Gasteiger partial charge is 0.496 e. The summed E-state index contributed by atoms with van der Waals surface area (Å²) in [6, 6.07) is 15.5. The Balaban J connectivity index is 1.04. The number of ether oxygens (including phenoxy) is 2. The van der Waals surface area contributed by atoms with Crippen LogP contribution in [0.3, 0.4) is 0 Å². The van der Waals surface area contributed by atoms with Crippen molar-refractivity contribution in [3.8, 4) is 16.9 Å². The van der Waals surface area contributed by atoms with E-state index in [-0.39, 0.29) is 24.0 Å². The molecule has 2 heterocycles. The SMILES string of the molecule is COc1ccc([C@H]2CC[C@H](CN(c3cccc(-c4cnn(C5CC5)c4)c3)C(=O)[C@H]3CC[C@H](OC(=O)N4CC(O)C4)CC3)CC2)cc1C. The third kappa shape index (κ3) is 7.20. The van der Waals surface area contributed by atoms with Gasteiger partial charge in [-0.2, -0.15) is 5.10 Å². The maximum Gasteiger partial charge on any atom is 0.410 e. The third-order valence-electron chi connectivity index (χ3n) is 10.9. The van der Waals surface area contributed by atoms with Crippen molar-refractivity contribution >= 4 is 17.7 Å². The molecule has 1 N–H and O–H groups in total. The molecule has 4 fully saturated rings. The van der Waals surface area contributed by atoms with E-state index in [1.54, 1.807) is 7.11 Å². The number of hydrogen-bond donors (Lipinski definition) is 1. The number of methoxy groups -OCH3 is 1. The van der Waals surface area contributed by atoms with Crippen molar-refractivity contribution in [3.05, 3.63) is 66.0 Å². The molecule has 0 bridgehead atoms. The van der Waals surface area contributed by atoms with Crippen LogP contribution in [0.5, 0.6) is 5.75 Å². The highest BCUT2D eigenvalue weighted by molar-refractivity contribution is 5.95. The van der Waals surface area contributed by atoms with Crippen molar-refractivity contribution < 1.29 is 24.2 Å². The normalized spacial score (nSPS) is 24.8. The molecule has 47 heavy (non-hydrogen) atoms. The standard InChI is InChI=1S/C38H48N4O5/c1-25-18-30(12-17-36(25)46-2)27-8-6-26(7-9-27)21-41(33-5-3-4-29(19-33)31-20-39-42(22-31)32-13-14-32)37(44)28-10-15-35(16-11-28)47-38(45)40-23-34(43)24-40/h3-5,12,17-20,22,26-28,32,34-35,43H,6-11,13-16,21,23-24H2,1-2H3/t26-,27-,28-,35-. The number of benzene rings is 2. The molecule has 0 unspecified atom stereocenters. The maximum absolute atomic E-state index is 14.4. The Morgan fingerprint density at radius 3 is 2.38 bits per heavy atom. The molecule has 1 aromatic heterocycles. The van der Waals surface area contributed by atoms with E-state index >= 15 is 0 Å². The van der Waals surface area contributed by atoms with Gasteiger partial charge < -0.3 is 24.4 Å². The zero-order valence-corrected chi connectivity index (χ0v) is 27.7. The van der Waals surface area contributed by atoms with Crippen LogP contribution in [0.1, 0.15) is 87.3 Å². The van der Waals surface area contributed by atoms with Crippen LogP contribution in [0, 0.1) is 18.8 Å². The molecule has 7 rings (SSSR count). The Labute approximate surface area is 277 Å². The second kappa shape index (κ2) is 13.7. The van der Waals surface area contributed by atoms with E-state index in [2.05, 4.69) is 70.3 Å². The van der Waals surface area contributed by atoms with Gasteiger partial charge in [-0.05, 0) is 118 Å². The highest BCUT2D eigenvalue weighted by Crippen LogP contribution is 2.40. The lowest BCUT2D eigenvalue weighted by Gasteiger charge is -2.38. The van der Waals surface area contributed by atoms with E-state index in [0.29, 0.717) is 63.2 Å². The number of carbonyl (C=O) groups is 2. The van der Waals surface area contributed by atoms with E-state index in [4.69, 9.17) is 9.47 Å². The minimum atomic E-state index is -0.448. The summed E-state index contributed by atoms with van der Waals surface area (Å²) in [5.41, 5.74) is 5.67. The highest BCUT2D eigenvalue weighted by atomic mass is 16.6. The van der Waals surface area contributed by atoms with Gasteiger partial charge in [0.15, 0.2) is 0 Å². The van der Waals surface area contributed by atoms with Gasteiger partial charge in [0.05, 0.1) is 38.5 Å². The van der Waals surface area contributed by atoms with Gasteiger partial charge in [0.2, 0.25) is 5.91 Å². The fourth-order valence-electron chi connectivity index (χ4n) is 7.76. The number of rotatable bonds is 9. The molecule has 9 heteroatoms. The Morgan fingerprint density at radius 1 is 0.936 bits per heavy atom. The number of likely N-dealkylation sites (tertiary alicyclic amines) is 1. The number of nitrogens with zero attached hydrogens (tertiary/aromatic N) is 4. The number of carbonyl (C=O) groups excluding carboxylic acids is 2. The summed E-state index contributed by atoms with van der Waals surface area (Å²) in [6.07, 6.45) is 12.6. The zero-order valence-electron chi connectivity index (χ0n) is 27.7. The summed E-state index contributed by atoms with van der Waals surface area (Å²) in [6.45, 7) is 3.50. The first-order chi connectivity index (χ1) is 22.8. The van der Waals surface area contributed by atoms with Crippen molar-refractivity contribution in [2.24, 2.45) is 11.8 Å². The van der Waals surface area contributed by atoms with Crippen LogP contribution in [-0.2, 0) is 9.53 Å². The summed E-state index contributed by atoms with van der Waals surface area (Å²) >= 11 is 0. The molecule has 3 aromatic rings. The average molecular weight is 641 g/mol. The lowest BCUT2D eigenvalue weighted by Crippen LogP contribution is -2.54. The van der Waals surface area contributed by atoms with Crippen molar-refractivity contribution in [3.63, 3.8) is 0 Å². The Morgan fingerprint density at radius 2 is 1.70 bits per heavy atom. The lowest BCUT2D eigenvalue weighted by atomic mass is 9.78. The van der Waals surface area contributed by atoms with Crippen LogP contribution in [0.2, 0.25) is 0 Å². The van der Waals surface area contributed by atoms with E-state index in [0.717, 1.165) is 48.2 Å². The Kier molecular flexibility index (Phi) is 9.26. The predicted molar refractivity (Wildman–Crippen MR) is 181 cm³/mol. The average Bonchev–Trinajstić information content (AvgIpc) is 3.81. The highest BCUT2D eigenvalue weighted by Gasteiger charge is 2.36. The van der Waals surface area contributed by atoms with E-state index in [9.17, 15) is 14.7 Å². The summed E-state index contributed by atoms with van der Waals surface area (Å²) < 4.78 is 13.3. The first-order valence-electron chi connectivity index (χ1n) is 17.6. The molecular weight excluding hydrogens is 592 g/mol. The molecule has 0 atom stereocenters. The van der Waals surface area contributed by atoms with Crippen LogP contribution in [0.15, 0.2) is 54.9 Å². The predicted octanol–water partition coefficient (Wildman–Crippen LogP) is 6.88. The monoisotopic (exact) mass is 640 g/mol. The molecule has 3 saturated carbocycles. The van der Waals surface area contributed by atoms with Gasteiger partial charge in [0.25, 0.3) is 0 Å². The topological polar surface area (TPSA) is 97.1 Å². The molecular formula is C38H48N4O5. The number of aryl methyl sites for hydroxylation is 1. The number of amides is 2. The second-order valence-corrected chi connectivity index (χ2v) is 14.3. The zero-order chi connectivity index (χ0) is 32.5. The van der Waals surface area contributed by atoms with Crippen LogP contribution in [0.25, 0.3) is 11.1 Å². The minimum Gasteiger partial charge on any atom is -0.496 e. The third-order valence-corrected chi connectivity index (χ3v) is 10.9. The maximum atomic E-state index is 14.4. The number of hydrogen-bond acceptors (Lipinski definition) is 6. The van der Waals surface area contributed by atoms with Crippen molar-refractivity contribution in [1.29, 1.82) is 0 Å². The van der Waals surface area contributed by atoms with Gasteiger partial charge in [-0.25, -0.2) is 4.79 Å². The van der Waals surface area contributed by atoms with E-state index in [1.807, 2.05) is 6.20 Å². The summed E-state index contributed by atoms with van der Waals surface area (Å²) in [7, 11) is 1.72. The quantitative estimate of drug-likeness (QED) is 0.274. The van der Waals surface area contributed by atoms with Gasteiger partial charge in [-0.1, -0.05) is 24.3 Å². The smallest absolute Gasteiger partial charge is 0.410 e. The number of anilines is 1.